The van der Waals surface area contributed by atoms with E-state index in [-0.39, 0.29) is 0 Å². The minimum Gasteiger partial charge on any atom is -0.358 e. The van der Waals surface area contributed by atoms with Crippen molar-refractivity contribution in [1.29, 1.82) is 0 Å². The molecule has 0 rings (SSSR count). The van der Waals surface area contributed by atoms with Gasteiger partial charge in [-0.3, -0.25) is 4.79 Å². The minimum absolute atomic E-state index is 0.795. The van der Waals surface area contributed by atoms with Gasteiger partial charge in [0.2, 0.25) is 0 Å². The summed E-state index contributed by atoms with van der Waals surface area (Å²) in [6.45, 7) is 10.0. The van der Waals surface area contributed by atoms with Crippen LogP contribution in [0.3, 0.4) is 0 Å². The zero-order valence-corrected chi connectivity index (χ0v) is 11.0. The number of carbonyl (C=O) groups excluding carboxylic acids is 1. The second-order valence-corrected chi connectivity index (χ2v) is 10.3. The smallest absolute Gasteiger partial charge is 0.358 e. The average molecular weight is 241 g/mol. The maximum absolute atomic E-state index is 12.4. The summed E-state index contributed by atoms with van der Waals surface area (Å²) in [5.41, 5.74) is -0.795. The van der Waals surface area contributed by atoms with Gasteiger partial charge in [-0.2, -0.15) is 13.2 Å². The molecule has 0 aromatic heterocycles. The van der Waals surface area contributed by atoms with Crippen molar-refractivity contribution in [3.63, 3.8) is 0 Å². The largest absolute Gasteiger partial charge is 0.470 e. The number of amides is 1. The lowest BCUT2D eigenvalue weighted by Gasteiger charge is -2.44. The van der Waals surface area contributed by atoms with Crippen LogP contribution in [0, 0.1) is 0 Å². The van der Waals surface area contributed by atoms with E-state index >= 15 is 0 Å². The lowest BCUT2D eigenvalue weighted by molar-refractivity contribution is -0.184. The Kier molecular flexibility index (Phi) is 3.67. The van der Waals surface area contributed by atoms with Crippen molar-refractivity contribution in [2.24, 2.45) is 0 Å². The Hall–Kier alpha value is -0.523. The summed E-state index contributed by atoms with van der Waals surface area (Å²) in [4.78, 5) is 11.3. The molecular formula is C9H18F3NOSi. The first-order chi connectivity index (χ1) is 6.28. The van der Waals surface area contributed by atoms with Crippen molar-refractivity contribution in [3.05, 3.63) is 0 Å². The van der Waals surface area contributed by atoms with Crippen molar-refractivity contribution in [1.82, 2.24) is 4.57 Å². The first-order valence-corrected chi connectivity index (χ1v) is 8.14. The summed E-state index contributed by atoms with van der Waals surface area (Å²) >= 11 is 0. The first-order valence-electron chi connectivity index (χ1n) is 4.69. The lowest BCUT2D eigenvalue weighted by atomic mass is 10.1. The van der Waals surface area contributed by atoms with E-state index in [0.29, 0.717) is 0 Å². The van der Waals surface area contributed by atoms with Crippen LogP contribution in [-0.2, 0) is 4.79 Å². The second kappa shape index (κ2) is 3.81. The van der Waals surface area contributed by atoms with Crippen LogP contribution in [0.5, 0.6) is 0 Å². The van der Waals surface area contributed by atoms with Gasteiger partial charge in [0.15, 0.2) is 8.24 Å². The van der Waals surface area contributed by atoms with E-state index in [0.717, 1.165) is 4.57 Å². The Morgan fingerprint density at radius 1 is 1.07 bits per heavy atom. The van der Waals surface area contributed by atoms with Gasteiger partial charge in [-0.25, -0.2) is 0 Å². The second-order valence-electron chi connectivity index (χ2n) is 5.48. The Morgan fingerprint density at radius 2 is 1.40 bits per heavy atom. The summed E-state index contributed by atoms with van der Waals surface area (Å²) in [7, 11) is -2.33. The maximum atomic E-state index is 12.4. The summed E-state index contributed by atoms with van der Waals surface area (Å²) in [6.07, 6.45) is -4.78. The molecule has 6 heteroatoms. The van der Waals surface area contributed by atoms with Crippen molar-refractivity contribution >= 4 is 14.1 Å². The number of halogens is 3. The van der Waals surface area contributed by atoms with Crippen LogP contribution in [0.25, 0.3) is 0 Å². The molecule has 90 valence electrons. The third-order valence-corrected chi connectivity index (χ3v) is 4.00. The summed E-state index contributed by atoms with van der Waals surface area (Å²) in [5.74, 6) is -1.73. The van der Waals surface area contributed by atoms with Gasteiger partial charge in [-0.1, -0.05) is 19.6 Å². The minimum atomic E-state index is -4.78. The number of rotatable bonds is 1. The highest BCUT2D eigenvalue weighted by Gasteiger charge is 2.49. The van der Waals surface area contributed by atoms with Crippen LogP contribution < -0.4 is 0 Å². The van der Waals surface area contributed by atoms with Crippen molar-refractivity contribution in [2.75, 3.05) is 0 Å². The van der Waals surface area contributed by atoms with Gasteiger partial charge in [0.05, 0.1) is 0 Å². The van der Waals surface area contributed by atoms with Gasteiger partial charge in [0.1, 0.15) is 0 Å². The molecule has 0 aliphatic rings. The molecule has 0 bridgehead atoms. The normalized spacial score (nSPS) is 13.9. The molecule has 0 atom stereocenters. The van der Waals surface area contributed by atoms with Crippen molar-refractivity contribution in [3.8, 4) is 0 Å². The lowest BCUT2D eigenvalue weighted by Crippen LogP contribution is -2.62. The fourth-order valence-corrected chi connectivity index (χ4v) is 4.49. The van der Waals surface area contributed by atoms with Gasteiger partial charge >= 0.3 is 12.1 Å². The third kappa shape index (κ3) is 3.85. The number of hydrogen-bond acceptors (Lipinski definition) is 1. The van der Waals surface area contributed by atoms with E-state index in [9.17, 15) is 18.0 Å². The van der Waals surface area contributed by atoms with Crippen LogP contribution in [-0.4, -0.2) is 30.4 Å². The molecule has 0 aromatic rings. The highest BCUT2D eigenvalue weighted by Crippen LogP contribution is 2.29. The molecule has 0 radical (unpaired) electrons. The molecule has 0 aliphatic carbocycles. The zero-order valence-electron chi connectivity index (χ0n) is 9.99. The summed E-state index contributed by atoms with van der Waals surface area (Å²) in [6, 6.07) is 0. The topological polar surface area (TPSA) is 20.3 Å². The summed E-state index contributed by atoms with van der Waals surface area (Å²) < 4.78 is 38.2. The molecule has 15 heavy (non-hydrogen) atoms. The molecule has 0 saturated carbocycles. The van der Waals surface area contributed by atoms with E-state index in [4.69, 9.17) is 0 Å². The van der Waals surface area contributed by atoms with E-state index in [1.165, 1.54) is 0 Å². The Morgan fingerprint density at radius 3 is 1.47 bits per heavy atom. The van der Waals surface area contributed by atoms with Crippen LogP contribution in [0.4, 0.5) is 13.2 Å². The van der Waals surface area contributed by atoms with Gasteiger partial charge < -0.3 is 4.57 Å². The number of carbonyl (C=O) groups is 1. The fraction of sp³-hybridized carbons (Fsp3) is 0.889. The highest BCUT2D eigenvalue weighted by molar-refractivity contribution is 6.75. The van der Waals surface area contributed by atoms with Crippen LogP contribution in [0.1, 0.15) is 20.8 Å². The Labute approximate surface area is 89.5 Å². The molecule has 0 heterocycles. The predicted octanol–water partition coefficient (Wildman–Crippen LogP) is 3.01. The number of nitrogens with zero attached hydrogens (tertiary/aromatic N) is 1. The molecule has 0 fully saturated rings. The first kappa shape index (κ1) is 14.5. The molecule has 0 saturated heterocycles. The van der Waals surface area contributed by atoms with E-state index in [2.05, 4.69) is 0 Å². The SMILES string of the molecule is CC(C)(C)N(C(=O)C(F)(F)F)[Si](C)(C)C. The van der Waals surface area contributed by atoms with Crippen LogP contribution in [0.15, 0.2) is 0 Å². The maximum Gasteiger partial charge on any atom is 0.470 e. The van der Waals surface area contributed by atoms with Gasteiger partial charge in [0, 0.05) is 5.54 Å². The molecule has 2 nitrogen and oxygen atoms in total. The highest BCUT2D eigenvalue weighted by atomic mass is 28.3. The Balaban J connectivity index is 5.26. The molecule has 0 spiro atoms. The Bertz CT molecular complexity index is 236. The average Bonchev–Trinajstić information content (AvgIpc) is 1.76. The zero-order chi connectivity index (χ0) is 12.7. The van der Waals surface area contributed by atoms with Gasteiger partial charge in [-0.15, -0.1) is 0 Å². The van der Waals surface area contributed by atoms with Crippen molar-refractivity contribution in [2.45, 2.75) is 52.1 Å². The quantitative estimate of drug-likeness (QED) is 0.646. The third-order valence-electron chi connectivity index (χ3n) is 1.79. The standard InChI is InChI=1S/C9H18F3NOSi/c1-8(2,3)13(15(4,5)6)7(14)9(10,11)12/h1-6H3. The van der Waals surface area contributed by atoms with Crippen molar-refractivity contribution < 1.29 is 18.0 Å². The number of alkyl halides is 3. The molecule has 0 unspecified atom stereocenters. The molecule has 0 aromatic carbocycles. The van der Waals surface area contributed by atoms with E-state index in [1.54, 1.807) is 40.4 Å². The molecule has 0 aliphatic heterocycles. The molecular weight excluding hydrogens is 223 g/mol. The fourth-order valence-electron chi connectivity index (χ4n) is 1.74. The van der Waals surface area contributed by atoms with Crippen LogP contribution >= 0.6 is 0 Å². The number of hydrogen-bond donors (Lipinski definition) is 0. The van der Waals surface area contributed by atoms with Gasteiger partial charge in [-0.05, 0) is 20.8 Å². The predicted molar refractivity (Wildman–Crippen MR) is 56.0 cm³/mol. The van der Waals surface area contributed by atoms with E-state index in [1.807, 2.05) is 0 Å². The van der Waals surface area contributed by atoms with Gasteiger partial charge in [0.25, 0.3) is 0 Å². The monoisotopic (exact) mass is 241 g/mol. The molecule has 1 amide bonds. The van der Waals surface area contributed by atoms with Crippen LogP contribution in [0.2, 0.25) is 19.6 Å². The van der Waals surface area contributed by atoms with E-state index < -0.39 is 25.9 Å². The summed E-state index contributed by atoms with van der Waals surface area (Å²) in [5, 5.41) is 0. The molecule has 0 N–H and O–H groups in total.